The van der Waals surface area contributed by atoms with Crippen LogP contribution in [0.2, 0.25) is 5.02 Å². The Morgan fingerprint density at radius 2 is 1.53 bits per heavy atom. The molecule has 1 aliphatic rings. The second-order valence-electron chi connectivity index (χ2n) is 8.20. The number of nitrogens with zero attached hydrogens (tertiary/aromatic N) is 2. The van der Waals surface area contributed by atoms with Crippen LogP contribution in [0.3, 0.4) is 0 Å². The van der Waals surface area contributed by atoms with E-state index in [0.717, 1.165) is 16.9 Å². The van der Waals surface area contributed by atoms with Crippen molar-refractivity contribution in [1.82, 2.24) is 15.1 Å². The van der Waals surface area contributed by atoms with E-state index in [0.29, 0.717) is 5.02 Å². The van der Waals surface area contributed by atoms with Crippen LogP contribution in [0.25, 0.3) is 0 Å². The maximum atomic E-state index is 13.5. The third-order valence-electron chi connectivity index (χ3n) is 5.83. The monoisotopic (exact) mass is 545 g/mol. The summed E-state index contributed by atoms with van der Waals surface area (Å²) in [6, 6.07) is 18.0. The fourth-order valence-corrected chi connectivity index (χ4v) is 6.07. The molecule has 0 bridgehead atoms. The lowest BCUT2D eigenvalue weighted by atomic mass is 10.1. The van der Waals surface area contributed by atoms with E-state index in [-0.39, 0.29) is 48.3 Å². The minimum Gasteiger partial charge on any atom is -0.339 e. The molecule has 4 rings (SSSR count). The van der Waals surface area contributed by atoms with Crippen molar-refractivity contribution in [2.75, 3.05) is 26.2 Å². The van der Waals surface area contributed by atoms with Crippen molar-refractivity contribution in [2.45, 2.75) is 16.7 Å². The topological polar surface area (TPSA) is 104 Å². The highest BCUT2D eigenvalue weighted by atomic mass is 35.5. The van der Waals surface area contributed by atoms with Crippen LogP contribution in [0.4, 0.5) is 0 Å². The molecule has 0 radical (unpaired) electrons. The van der Waals surface area contributed by atoms with Gasteiger partial charge in [-0.1, -0.05) is 48.0 Å². The molecule has 1 N–H and O–H groups in total. The van der Waals surface area contributed by atoms with E-state index >= 15 is 0 Å². The standard InChI is InChI=1S/C25H24ClN3O5S2/c26-19-8-10-20(11-9-19)36(33,34)24(27-23(31)21-7-4-16-35-21)25(32)29-14-12-28(13-15-29)22(30)17-18-5-2-1-3-6-18/h1-11,16,24H,12-15,17H2,(H,27,31)/t24-/m1/s1. The third kappa shape index (κ3) is 5.95. The number of hydrogen-bond donors (Lipinski definition) is 1. The zero-order valence-electron chi connectivity index (χ0n) is 19.2. The lowest BCUT2D eigenvalue weighted by Gasteiger charge is -2.36. The Morgan fingerprint density at radius 1 is 0.889 bits per heavy atom. The summed E-state index contributed by atoms with van der Waals surface area (Å²) < 4.78 is 26.9. The van der Waals surface area contributed by atoms with Gasteiger partial charge in [-0.3, -0.25) is 14.4 Å². The molecule has 0 spiro atoms. The van der Waals surface area contributed by atoms with Gasteiger partial charge in [-0.2, -0.15) is 0 Å². The Morgan fingerprint density at radius 3 is 2.14 bits per heavy atom. The molecular formula is C25H24ClN3O5S2. The highest BCUT2D eigenvalue weighted by Crippen LogP contribution is 2.21. The van der Waals surface area contributed by atoms with Crippen molar-refractivity contribution in [2.24, 2.45) is 0 Å². The van der Waals surface area contributed by atoms with Gasteiger partial charge in [0.05, 0.1) is 16.2 Å². The van der Waals surface area contributed by atoms with E-state index in [4.69, 9.17) is 11.6 Å². The molecule has 0 saturated carbocycles. The van der Waals surface area contributed by atoms with Gasteiger partial charge in [-0.15, -0.1) is 11.3 Å². The van der Waals surface area contributed by atoms with E-state index in [2.05, 4.69) is 5.32 Å². The number of piperazine rings is 1. The minimum atomic E-state index is -4.28. The van der Waals surface area contributed by atoms with Crippen molar-refractivity contribution >= 4 is 50.5 Å². The first-order valence-corrected chi connectivity index (χ1v) is 14.0. The van der Waals surface area contributed by atoms with Crippen LogP contribution in [0.5, 0.6) is 0 Å². The Labute approximate surface area is 218 Å². The first kappa shape index (κ1) is 25.9. The van der Waals surface area contributed by atoms with Gasteiger partial charge in [0.15, 0.2) is 0 Å². The van der Waals surface area contributed by atoms with Crippen molar-refractivity contribution in [3.05, 3.63) is 87.6 Å². The molecule has 3 aromatic rings. The minimum absolute atomic E-state index is 0.0652. The lowest BCUT2D eigenvalue weighted by Crippen LogP contribution is -2.58. The summed E-state index contributed by atoms with van der Waals surface area (Å²) in [6.45, 7) is 0.843. The Bertz CT molecular complexity index is 1320. The summed E-state index contributed by atoms with van der Waals surface area (Å²) in [7, 11) is -4.28. The number of amides is 3. The number of sulfone groups is 1. The fraction of sp³-hybridized carbons (Fsp3) is 0.240. The number of thiophene rings is 1. The third-order valence-corrected chi connectivity index (χ3v) is 8.82. The average molecular weight is 546 g/mol. The molecule has 1 saturated heterocycles. The molecular weight excluding hydrogens is 522 g/mol. The van der Waals surface area contributed by atoms with Crippen molar-refractivity contribution in [3.8, 4) is 0 Å². The van der Waals surface area contributed by atoms with E-state index in [1.165, 1.54) is 29.2 Å². The summed E-state index contributed by atoms with van der Waals surface area (Å²) in [5, 5.41) is 2.62. The number of carbonyl (C=O) groups excluding carboxylic acids is 3. The maximum absolute atomic E-state index is 13.5. The smallest absolute Gasteiger partial charge is 0.262 e. The molecule has 8 nitrogen and oxygen atoms in total. The van der Waals surface area contributed by atoms with Gasteiger partial charge >= 0.3 is 0 Å². The number of carbonyl (C=O) groups is 3. The van der Waals surface area contributed by atoms with Crippen molar-refractivity contribution < 1.29 is 22.8 Å². The van der Waals surface area contributed by atoms with Crippen molar-refractivity contribution in [1.29, 1.82) is 0 Å². The molecule has 1 aromatic heterocycles. The SMILES string of the molecule is O=C(N[C@@H](C(=O)N1CCN(C(=O)Cc2ccccc2)CC1)S(=O)(=O)c1ccc(Cl)cc1)c1cccs1. The zero-order chi connectivity index (χ0) is 25.7. The van der Waals surface area contributed by atoms with Gasteiger partial charge < -0.3 is 15.1 Å². The molecule has 2 aromatic carbocycles. The van der Waals surface area contributed by atoms with Crippen LogP contribution < -0.4 is 5.32 Å². The second kappa shape index (κ2) is 11.2. The Kier molecular flexibility index (Phi) is 8.07. The molecule has 1 aliphatic heterocycles. The predicted octanol–water partition coefficient (Wildman–Crippen LogP) is 2.84. The first-order chi connectivity index (χ1) is 17.3. The highest BCUT2D eigenvalue weighted by molar-refractivity contribution is 7.92. The van der Waals surface area contributed by atoms with Gasteiger partial charge in [-0.25, -0.2) is 8.42 Å². The van der Waals surface area contributed by atoms with E-state index < -0.39 is 27.0 Å². The summed E-state index contributed by atoms with van der Waals surface area (Å²) in [5.41, 5.74) is 0.895. The van der Waals surface area contributed by atoms with Gasteiger partial charge in [0.2, 0.25) is 21.1 Å². The van der Waals surface area contributed by atoms with E-state index in [9.17, 15) is 22.8 Å². The molecule has 2 heterocycles. The van der Waals surface area contributed by atoms with Crippen LogP contribution in [-0.2, 0) is 25.8 Å². The van der Waals surface area contributed by atoms with Crippen LogP contribution in [0.1, 0.15) is 15.2 Å². The lowest BCUT2D eigenvalue weighted by molar-refractivity contribution is -0.139. The fourth-order valence-electron chi connectivity index (χ4n) is 3.85. The summed E-state index contributed by atoms with van der Waals surface area (Å²) in [5.74, 6) is -1.47. The van der Waals surface area contributed by atoms with Gasteiger partial charge in [0, 0.05) is 31.2 Å². The van der Waals surface area contributed by atoms with Crippen LogP contribution in [-0.4, -0.2) is 67.5 Å². The number of hydrogen-bond acceptors (Lipinski definition) is 6. The number of benzene rings is 2. The average Bonchev–Trinajstić information content (AvgIpc) is 3.43. The second-order valence-corrected chi connectivity index (χ2v) is 11.6. The highest BCUT2D eigenvalue weighted by Gasteiger charge is 2.39. The van der Waals surface area contributed by atoms with E-state index in [1.807, 2.05) is 30.3 Å². The molecule has 3 amide bonds. The molecule has 1 fully saturated rings. The number of rotatable bonds is 7. The summed E-state index contributed by atoms with van der Waals surface area (Å²) in [4.78, 5) is 42.1. The molecule has 188 valence electrons. The van der Waals surface area contributed by atoms with Gasteiger partial charge in [-0.05, 0) is 41.3 Å². The molecule has 0 aliphatic carbocycles. The normalized spacial score (nSPS) is 14.8. The Hall–Kier alpha value is -3.21. The van der Waals surface area contributed by atoms with Crippen molar-refractivity contribution in [3.63, 3.8) is 0 Å². The number of nitrogens with one attached hydrogen (secondary N) is 1. The summed E-state index contributed by atoms with van der Waals surface area (Å²) in [6.07, 6.45) is 0.249. The molecule has 11 heteroatoms. The molecule has 0 unspecified atom stereocenters. The van der Waals surface area contributed by atoms with Gasteiger partial charge in [0.1, 0.15) is 0 Å². The largest absolute Gasteiger partial charge is 0.339 e. The van der Waals surface area contributed by atoms with Crippen LogP contribution in [0.15, 0.2) is 77.0 Å². The van der Waals surface area contributed by atoms with Crippen LogP contribution >= 0.6 is 22.9 Å². The quantitative estimate of drug-likeness (QED) is 0.492. The van der Waals surface area contributed by atoms with Gasteiger partial charge in [0.25, 0.3) is 11.8 Å². The Balaban J connectivity index is 1.49. The maximum Gasteiger partial charge on any atom is 0.262 e. The molecule has 36 heavy (non-hydrogen) atoms. The van der Waals surface area contributed by atoms with E-state index in [1.54, 1.807) is 22.4 Å². The zero-order valence-corrected chi connectivity index (χ0v) is 21.6. The van der Waals surface area contributed by atoms with Crippen LogP contribution in [0, 0.1) is 0 Å². The number of halogens is 1. The first-order valence-electron chi connectivity index (χ1n) is 11.2. The summed E-state index contributed by atoms with van der Waals surface area (Å²) >= 11 is 7.04. The predicted molar refractivity (Wildman–Crippen MR) is 138 cm³/mol. The molecule has 1 atom stereocenters.